The van der Waals surface area contributed by atoms with Crippen LogP contribution in [-0.4, -0.2) is 9.38 Å². The molecule has 0 N–H and O–H groups in total. The summed E-state index contributed by atoms with van der Waals surface area (Å²) in [4.78, 5) is 4.91. The largest absolute Gasteiger partial charge is 0.292 e. The highest BCUT2D eigenvalue weighted by Gasteiger charge is 2.20. The molecule has 40 heavy (non-hydrogen) atoms. The zero-order chi connectivity index (χ0) is 27.0. The van der Waals surface area contributed by atoms with Crippen molar-refractivity contribution in [3.63, 3.8) is 0 Å². The molecule has 0 aliphatic heterocycles. The molecular weight excluding hydrogens is 504 g/mol. The van der Waals surface area contributed by atoms with E-state index >= 15 is 0 Å². The number of thiophene rings is 1. The Morgan fingerprint density at radius 1 is 0.575 bits per heavy atom. The third kappa shape index (κ3) is 3.38. The van der Waals surface area contributed by atoms with Crippen LogP contribution in [0.15, 0.2) is 115 Å². The van der Waals surface area contributed by atoms with Crippen molar-refractivity contribution in [3.05, 3.63) is 121 Å². The van der Waals surface area contributed by atoms with E-state index in [-0.39, 0.29) is 5.41 Å². The first-order valence-electron chi connectivity index (χ1n) is 13.8. The van der Waals surface area contributed by atoms with E-state index in [4.69, 9.17) is 4.98 Å². The van der Waals surface area contributed by atoms with Gasteiger partial charge in [-0.3, -0.25) is 4.40 Å². The van der Waals surface area contributed by atoms with Crippen LogP contribution in [0.2, 0.25) is 0 Å². The first-order valence-corrected chi connectivity index (χ1v) is 14.6. The van der Waals surface area contributed by atoms with E-state index in [1.54, 1.807) is 0 Å². The molecule has 192 valence electrons. The topological polar surface area (TPSA) is 17.3 Å². The predicted octanol–water partition coefficient (Wildman–Crippen LogP) is 10.6. The molecule has 8 aromatic rings. The smallest absolute Gasteiger partial charge is 0.145 e. The summed E-state index contributed by atoms with van der Waals surface area (Å²) in [6.07, 6.45) is 2.02. The minimum Gasteiger partial charge on any atom is -0.292 e. The Morgan fingerprint density at radius 2 is 1.20 bits per heavy atom. The minimum absolute atomic E-state index is 0.103. The first kappa shape index (κ1) is 23.4. The molecule has 0 saturated heterocycles. The molecule has 0 bridgehead atoms. The summed E-state index contributed by atoms with van der Waals surface area (Å²) in [6.45, 7) is 6.91. The number of imidazole rings is 1. The molecule has 3 aromatic heterocycles. The van der Waals surface area contributed by atoms with Gasteiger partial charge in [0.15, 0.2) is 0 Å². The standard InChI is InChI=1S/C37H28N2S/c1-37(2,3)31-16-9-15-29-28-14-8-13-25(34(28)40-35(29)31)23-18-20-24(21-19-23)33-22-38-36-30-12-5-4-10-26(30)27-11-6-7-17-32(27)39(33)36/h4-22H,1-3H3. The molecule has 0 atom stereocenters. The first-order chi connectivity index (χ1) is 19.5. The zero-order valence-corrected chi connectivity index (χ0v) is 23.6. The van der Waals surface area contributed by atoms with Gasteiger partial charge >= 0.3 is 0 Å². The van der Waals surface area contributed by atoms with Gasteiger partial charge in [-0.05, 0) is 33.6 Å². The van der Waals surface area contributed by atoms with Gasteiger partial charge in [-0.15, -0.1) is 11.3 Å². The number of nitrogens with zero attached hydrogens (tertiary/aromatic N) is 2. The van der Waals surface area contributed by atoms with Crippen LogP contribution in [0, 0.1) is 0 Å². The average Bonchev–Trinajstić information content (AvgIpc) is 3.59. The molecule has 5 aromatic carbocycles. The molecule has 2 nitrogen and oxygen atoms in total. The van der Waals surface area contributed by atoms with Gasteiger partial charge in [0.1, 0.15) is 5.65 Å². The summed E-state index contributed by atoms with van der Waals surface area (Å²) in [5.41, 5.74) is 8.50. The Hall–Kier alpha value is -4.47. The fourth-order valence-electron chi connectivity index (χ4n) is 6.26. The number of hydrogen-bond donors (Lipinski definition) is 0. The average molecular weight is 533 g/mol. The Balaban J connectivity index is 1.30. The molecule has 3 heterocycles. The number of aromatic nitrogens is 2. The monoisotopic (exact) mass is 532 g/mol. The Kier molecular flexibility index (Phi) is 4.98. The quantitative estimate of drug-likeness (QED) is 0.202. The van der Waals surface area contributed by atoms with Gasteiger partial charge in [0.2, 0.25) is 0 Å². The molecule has 0 aliphatic rings. The lowest BCUT2D eigenvalue weighted by atomic mass is 9.86. The Labute approximate surface area is 237 Å². The molecule has 0 spiro atoms. The minimum atomic E-state index is 0.103. The highest BCUT2D eigenvalue weighted by atomic mass is 32.1. The number of benzene rings is 5. The molecule has 0 fully saturated rings. The third-order valence-electron chi connectivity index (χ3n) is 8.19. The van der Waals surface area contributed by atoms with Crippen LogP contribution >= 0.6 is 11.3 Å². The van der Waals surface area contributed by atoms with Gasteiger partial charge in [0.05, 0.1) is 17.4 Å². The molecule has 0 unspecified atom stereocenters. The summed E-state index contributed by atoms with van der Waals surface area (Å²) >= 11 is 1.93. The second kappa shape index (κ2) is 8.51. The fourth-order valence-corrected chi connectivity index (χ4v) is 7.82. The van der Waals surface area contributed by atoms with E-state index in [1.807, 2.05) is 17.5 Å². The van der Waals surface area contributed by atoms with Crippen molar-refractivity contribution in [2.24, 2.45) is 0 Å². The van der Waals surface area contributed by atoms with Crippen LogP contribution < -0.4 is 0 Å². The maximum Gasteiger partial charge on any atom is 0.145 e. The van der Waals surface area contributed by atoms with Crippen molar-refractivity contribution < 1.29 is 0 Å². The van der Waals surface area contributed by atoms with E-state index < -0.39 is 0 Å². The lowest BCUT2D eigenvalue weighted by Crippen LogP contribution is -2.10. The van der Waals surface area contributed by atoms with Crippen molar-refractivity contribution >= 4 is 58.8 Å². The van der Waals surface area contributed by atoms with Crippen molar-refractivity contribution in [1.82, 2.24) is 9.38 Å². The third-order valence-corrected chi connectivity index (χ3v) is 9.48. The number of para-hydroxylation sites is 1. The molecule has 8 rings (SSSR count). The van der Waals surface area contributed by atoms with Gasteiger partial charge < -0.3 is 0 Å². The lowest BCUT2D eigenvalue weighted by Gasteiger charge is -2.19. The summed E-state index contributed by atoms with van der Waals surface area (Å²) in [5, 5.41) is 6.36. The SMILES string of the molecule is CC(C)(C)c1cccc2c1sc1c(-c3ccc(-c4cnc5c6ccccc6c6ccccc6n45)cc3)cccc12. The van der Waals surface area contributed by atoms with Crippen LogP contribution in [0.4, 0.5) is 0 Å². The van der Waals surface area contributed by atoms with Gasteiger partial charge in [-0.1, -0.05) is 124 Å². The summed E-state index contributed by atoms with van der Waals surface area (Å²) in [5.74, 6) is 0. The maximum atomic E-state index is 4.91. The summed E-state index contributed by atoms with van der Waals surface area (Å²) in [6, 6.07) is 39.7. The van der Waals surface area contributed by atoms with Crippen LogP contribution in [0.25, 0.3) is 69.9 Å². The van der Waals surface area contributed by atoms with Crippen LogP contribution in [0.3, 0.4) is 0 Å². The normalized spacial score (nSPS) is 12.4. The second-order valence-corrected chi connectivity index (χ2v) is 12.7. The molecular formula is C37H28N2S. The lowest BCUT2D eigenvalue weighted by molar-refractivity contribution is 0.597. The number of fused-ring (bicyclic) bond motifs is 9. The van der Waals surface area contributed by atoms with Gasteiger partial charge in [0.25, 0.3) is 0 Å². The van der Waals surface area contributed by atoms with E-state index in [0.717, 1.165) is 16.9 Å². The van der Waals surface area contributed by atoms with Crippen molar-refractivity contribution in [2.45, 2.75) is 26.2 Å². The highest BCUT2D eigenvalue weighted by molar-refractivity contribution is 7.26. The van der Waals surface area contributed by atoms with Crippen molar-refractivity contribution in [3.8, 4) is 22.4 Å². The Bertz CT molecular complexity index is 2240. The van der Waals surface area contributed by atoms with E-state index in [1.165, 1.54) is 58.5 Å². The van der Waals surface area contributed by atoms with Crippen LogP contribution in [-0.2, 0) is 5.41 Å². The van der Waals surface area contributed by atoms with Crippen molar-refractivity contribution in [2.75, 3.05) is 0 Å². The summed E-state index contributed by atoms with van der Waals surface area (Å²) < 4.78 is 5.07. The fraction of sp³-hybridized carbons (Fsp3) is 0.108. The Morgan fingerprint density at radius 3 is 1.98 bits per heavy atom. The van der Waals surface area contributed by atoms with Gasteiger partial charge in [-0.2, -0.15) is 0 Å². The number of rotatable bonds is 2. The highest BCUT2D eigenvalue weighted by Crippen LogP contribution is 2.44. The second-order valence-electron chi connectivity index (χ2n) is 11.7. The van der Waals surface area contributed by atoms with Crippen LogP contribution in [0.5, 0.6) is 0 Å². The zero-order valence-electron chi connectivity index (χ0n) is 22.8. The molecule has 0 amide bonds. The van der Waals surface area contributed by atoms with Gasteiger partial charge in [-0.25, -0.2) is 4.98 Å². The maximum absolute atomic E-state index is 4.91. The molecule has 0 aliphatic carbocycles. The van der Waals surface area contributed by atoms with Crippen LogP contribution in [0.1, 0.15) is 26.3 Å². The van der Waals surface area contributed by atoms with Gasteiger partial charge in [0, 0.05) is 36.5 Å². The van der Waals surface area contributed by atoms with E-state index in [0.29, 0.717) is 0 Å². The van der Waals surface area contributed by atoms with E-state index in [9.17, 15) is 0 Å². The summed E-state index contributed by atoms with van der Waals surface area (Å²) in [7, 11) is 0. The number of hydrogen-bond acceptors (Lipinski definition) is 2. The number of pyridine rings is 1. The molecule has 0 radical (unpaired) electrons. The van der Waals surface area contributed by atoms with Crippen molar-refractivity contribution in [1.29, 1.82) is 0 Å². The molecule has 3 heteroatoms. The molecule has 0 saturated carbocycles. The van der Waals surface area contributed by atoms with E-state index in [2.05, 4.69) is 134 Å². The predicted molar refractivity (Wildman–Crippen MR) is 173 cm³/mol.